The van der Waals surface area contributed by atoms with Crippen molar-refractivity contribution in [2.75, 3.05) is 20.8 Å². The highest BCUT2D eigenvalue weighted by Crippen LogP contribution is 2.27. The van der Waals surface area contributed by atoms with Gasteiger partial charge in [-0.3, -0.25) is 4.79 Å². The van der Waals surface area contributed by atoms with E-state index in [0.717, 1.165) is 5.56 Å². The first-order chi connectivity index (χ1) is 10.0. The molecule has 2 rings (SSSR count). The maximum absolute atomic E-state index is 11.9. The van der Waals surface area contributed by atoms with Crippen molar-refractivity contribution in [1.29, 1.82) is 0 Å². The predicted molar refractivity (Wildman–Crippen MR) is 72.5 cm³/mol. The van der Waals surface area contributed by atoms with Crippen molar-refractivity contribution in [3.63, 3.8) is 0 Å². The molecule has 0 aromatic heterocycles. The molecule has 7 nitrogen and oxygen atoms in total. The summed E-state index contributed by atoms with van der Waals surface area (Å²) in [6.45, 7) is 0.589. The van der Waals surface area contributed by atoms with Gasteiger partial charge in [0, 0.05) is 18.2 Å². The number of likely N-dealkylation sites (tertiary alicyclic amines) is 1. The van der Waals surface area contributed by atoms with Crippen molar-refractivity contribution < 1.29 is 28.9 Å². The summed E-state index contributed by atoms with van der Waals surface area (Å²) in [5.41, 5.74) is 0.822. The summed E-state index contributed by atoms with van der Waals surface area (Å²) in [5.74, 6) is 1.14. The monoisotopic (exact) mass is 295 g/mol. The first-order valence-corrected chi connectivity index (χ1v) is 6.41. The van der Waals surface area contributed by atoms with Crippen molar-refractivity contribution in [2.24, 2.45) is 0 Å². The van der Waals surface area contributed by atoms with Gasteiger partial charge in [-0.05, 0) is 12.1 Å². The molecule has 0 aliphatic carbocycles. The number of carbonyl (C=O) groups excluding carboxylic acids is 1. The van der Waals surface area contributed by atoms with Crippen LogP contribution in [0, 0.1) is 0 Å². The molecule has 1 unspecified atom stereocenters. The summed E-state index contributed by atoms with van der Waals surface area (Å²) in [4.78, 5) is 23.9. The Kier molecular flexibility index (Phi) is 4.52. The Morgan fingerprint density at radius 3 is 2.76 bits per heavy atom. The molecule has 1 heterocycles. The summed E-state index contributed by atoms with van der Waals surface area (Å²) in [7, 11) is 3.10. The lowest BCUT2D eigenvalue weighted by Gasteiger charge is -2.18. The molecule has 1 N–H and O–H groups in total. The largest absolute Gasteiger partial charge is 0.506 e. The van der Waals surface area contributed by atoms with Crippen molar-refractivity contribution in [3.05, 3.63) is 23.8 Å². The highest BCUT2D eigenvalue weighted by molar-refractivity contribution is 5.79. The third kappa shape index (κ3) is 3.56. The molecular weight excluding hydrogens is 278 g/mol. The zero-order valence-electron chi connectivity index (χ0n) is 11.9. The molecule has 21 heavy (non-hydrogen) atoms. The summed E-state index contributed by atoms with van der Waals surface area (Å²) in [5, 5.41) is 8.59. The molecule has 7 heteroatoms. The SMILES string of the molecule is COc1ccc(CN2CC(OC(=O)O)CC2=O)c(OC)c1. The van der Waals surface area contributed by atoms with E-state index in [1.165, 1.54) is 0 Å². The zero-order valence-corrected chi connectivity index (χ0v) is 11.9. The molecule has 1 aromatic rings. The Morgan fingerprint density at radius 1 is 1.38 bits per heavy atom. The minimum Gasteiger partial charge on any atom is -0.497 e. The number of rotatable bonds is 5. The number of ether oxygens (including phenoxy) is 3. The van der Waals surface area contributed by atoms with Crippen LogP contribution in [0.25, 0.3) is 0 Å². The van der Waals surface area contributed by atoms with Crippen molar-refractivity contribution >= 4 is 12.1 Å². The van der Waals surface area contributed by atoms with Crippen LogP contribution < -0.4 is 9.47 Å². The van der Waals surface area contributed by atoms with Gasteiger partial charge in [0.1, 0.15) is 17.6 Å². The lowest BCUT2D eigenvalue weighted by Crippen LogP contribution is -2.26. The van der Waals surface area contributed by atoms with Gasteiger partial charge in [-0.25, -0.2) is 4.79 Å². The molecule has 0 saturated carbocycles. The van der Waals surface area contributed by atoms with Crippen LogP contribution in [-0.4, -0.2) is 48.9 Å². The predicted octanol–water partition coefficient (Wildman–Crippen LogP) is 1.50. The van der Waals surface area contributed by atoms with Gasteiger partial charge in [0.05, 0.1) is 27.2 Å². The second kappa shape index (κ2) is 6.34. The van der Waals surface area contributed by atoms with Gasteiger partial charge in [-0.2, -0.15) is 0 Å². The zero-order chi connectivity index (χ0) is 15.4. The topological polar surface area (TPSA) is 85.3 Å². The molecule has 0 radical (unpaired) electrons. The lowest BCUT2D eigenvalue weighted by molar-refractivity contribution is -0.128. The molecule has 1 fully saturated rings. The van der Waals surface area contributed by atoms with Crippen molar-refractivity contribution in [1.82, 2.24) is 4.90 Å². The molecule has 1 aliphatic heterocycles. The third-order valence-corrected chi connectivity index (χ3v) is 3.30. The Bertz CT molecular complexity index is 544. The summed E-state index contributed by atoms with van der Waals surface area (Å²) >= 11 is 0. The number of methoxy groups -OCH3 is 2. The van der Waals surface area contributed by atoms with E-state index < -0.39 is 12.3 Å². The van der Waals surface area contributed by atoms with Crippen molar-refractivity contribution in [3.8, 4) is 11.5 Å². The van der Waals surface area contributed by atoms with Gasteiger partial charge >= 0.3 is 6.16 Å². The van der Waals surface area contributed by atoms with Crippen LogP contribution in [0.15, 0.2) is 18.2 Å². The van der Waals surface area contributed by atoms with Crippen molar-refractivity contribution in [2.45, 2.75) is 19.1 Å². The van der Waals surface area contributed by atoms with Crippen LogP contribution in [0.4, 0.5) is 4.79 Å². The first kappa shape index (κ1) is 15.0. The van der Waals surface area contributed by atoms with Gasteiger partial charge in [0.15, 0.2) is 0 Å². The fourth-order valence-electron chi connectivity index (χ4n) is 2.30. The maximum Gasteiger partial charge on any atom is 0.506 e. The van der Waals surface area contributed by atoms with Crippen LogP contribution in [0.3, 0.4) is 0 Å². The summed E-state index contributed by atoms with van der Waals surface area (Å²) < 4.78 is 15.0. The molecule has 0 spiro atoms. The van der Waals surface area contributed by atoms with Gasteiger partial charge in [-0.1, -0.05) is 0 Å². The number of amides is 1. The second-order valence-corrected chi connectivity index (χ2v) is 4.66. The first-order valence-electron chi connectivity index (χ1n) is 6.41. The highest BCUT2D eigenvalue weighted by atomic mass is 16.7. The van der Waals surface area contributed by atoms with Crippen LogP contribution >= 0.6 is 0 Å². The van der Waals surface area contributed by atoms with E-state index in [9.17, 15) is 9.59 Å². The molecule has 1 amide bonds. The van der Waals surface area contributed by atoms with Crippen LogP contribution in [0.1, 0.15) is 12.0 Å². The second-order valence-electron chi connectivity index (χ2n) is 4.66. The standard InChI is InChI=1S/C14H17NO6/c1-19-10-4-3-9(12(5-10)20-2)7-15-8-11(6-13(15)16)21-14(17)18/h3-5,11H,6-8H2,1-2H3,(H,17,18). The minimum absolute atomic E-state index is 0.0742. The molecule has 0 bridgehead atoms. The average molecular weight is 295 g/mol. The smallest absolute Gasteiger partial charge is 0.497 e. The van der Waals surface area contributed by atoms with Crippen LogP contribution in [0.2, 0.25) is 0 Å². The van der Waals surface area contributed by atoms with Crippen LogP contribution in [-0.2, 0) is 16.1 Å². The number of carbonyl (C=O) groups is 2. The van der Waals surface area contributed by atoms with E-state index in [1.54, 1.807) is 31.3 Å². The van der Waals surface area contributed by atoms with E-state index in [1.807, 2.05) is 6.07 Å². The third-order valence-electron chi connectivity index (χ3n) is 3.30. The fraction of sp³-hybridized carbons (Fsp3) is 0.429. The maximum atomic E-state index is 11.9. The number of nitrogens with zero attached hydrogens (tertiary/aromatic N) is 1. The Labute approximate surface area is 122 Å². The Hall–Kier alpha value is -2.44. The van der Waals surface area contributed by atoms with E-state index in [2.05, 4.69) is 4.74 Å². The Balaban J connectivity index is 2.08. The van der Waals surface area contributed by atoms with E-state index in [-0.39, 0.29) is 18.9 Å². The van der Waals surface area contributed by atoms with E-state index in [0.29, 0.717) is 18.0 Å². The molecule has 1 saturated heterocycles. The molecule has 114 valence electrons. The van der Waals surface area contributed by atoms with Gasteiger partial charge in [-0.15, -0.1) is 0 Å². The average Bonchev–Trinajstić information content (AvgIpc) is 2.78. The highest BCUT2D eigenvalue weighted by Gasteiger charge is 2.32. The van der Waals surface area contributed by atoms with Gasteiger partial charge in [0.25, 0.3) is 0 Å². The normalized spacial score (nSPS) is 17.7. The summed E-state index contributed by atoms with van der Waals surface area (Å²) in [6.07, 6.45) is -1.90. The number of carboxylic acid groups (broad SMARTS) is 1. The molecule has 1 aliphatic rings. The quantitative estimate of drug-likeness (QED) is 0.829. The van der Waals surface area contributed by atoms with E-state index in [4.69, 9.17) is 14.6 Å². The van der Waals surface area contributed by atoms with E-state index >= 15 is 0 Å². The number of benzene rings is 1. The van der Waals surface area contributed by atoms with Crippen LogP contribution in [0.5, 0.6) is 11.5 Å². The lowest BCUT2D eigenvalue weighted by atomic mass is 10.2. The molecule has 1 aromatic carbocycles. The molecule has 1 atom stereocenters. The molecular formula is C14H17NO6. The van der Waals surface area contributed by atoms with Gasteiger partial charge < -0.3 is 24.2 Å². The number of hydrogen-bond donors (Lipinski definition) is 1. The number of hydrogen-bond acceptors (Lipinski definition) is 5. The minimum atomic E-state index is -1.36. The fourth-order valence-corrected chi connectivity index (χ4v) is 2.30. The Morgan fingerprint density at radius 2 is 2.14 bits per heavy atom. The summed E-state index contributed by atoms with van der Waals surface area (Å²) in [6, 6.07) is 5.33. The van der Waals surface area contributed by atoms with Gasteiger partial charge in [0.2, 0.25) is 5.91 Å².